The first-order valence-corrected chi connectivity index (χ1v) is 7.95. The van der Waals surface area contributed by atoms with E-state index >= 15 is 0 Å². The summed E-state index contributed by atoms with van der Waals surface area (Å²) in [5.74, 6) is -0.328. The fraction of sp³-hybridized carbons (Fsp3) is 0.278. The number of nitrogens with one attached hydrogen (secondary N) is 1. The van der Waals surface area contributed by atoms with Crippen molar-refractivity contribution in [2.45, 2.75) is 0 Å². The molecule has 0 spiro atoms. The second-order valence-corrected chi connectivity index (χ2v) is 6.18. The lowest BCUT2D eigenvalue weighted by atomic mass is 9.98. The summed E-state index contributed by atoms with van der Waals surface area (Å²) in [4.78, 5) is 29.0. The van der Waals surface area contributed by atoms with Gasteiger partial charge >= 0.3 is 0 Å². The van der Waals surface area contributed by atoms with Crippen LogP contribution in [0, 0.1) is 0 Å². The third-order valence-corrected chi connectivity index (χ3v) is 3.94. The van der Waals surface area contributed by atoms with Gasteiger partial charge in [-0.25, -0.2) is 0 Å². The fourth-order valence-electron chi connectivity index (χ4n) is 2.54. The van der Waals surface area contributed by atoms with Gasteiger partial charge in [-0.15, -0.1) is 0 Å². The minimum Gasteiger partial charge on any atom is -0.352 e. The van der Waals surface area contributed by atoms with Gasteiger partial charge in [0.15, 0.2) is 5.69 Å². The number of fused-ring (bicyclic) bond motifs is 1. The third-order valence-electron chi connectivity index (χ3n) is 3.94. The monoisotopic (exact) mass is 340 g/mol. The minimum absolute atomic E-state index is 0.0651. The van der Waals surface area contributed by atoms with E-state index in [9.17, 15) is 9.59 Å². The van der Waals surface area contributed by atoms with Crippen LogP contribution in [0.1, 0.15) is 20.8 Å². The highest BCUT2D eigenvalue weighted by atomic mass is 16.5. The molecule has 0 radical (unpaired) electrons. The molecule has 3 rings (SSSR count). The number of rotatable bonds is 6. The lowest BCUT2D eigenvalue weighted by molar-refractivity contribution is 0.0983. The third kappa shape index (κ3) is 3.46. The van der Waals surface area contributed by atoms with Crippen molar-refractivity contribution in [3.05, 3.63) is 53.4 Å². The van der Waals surface area contributed by atoms with Gasteiger partial charge in [0.1, 0.15) is 5.56 Å². The van der Waals surface area contributed by atoms with E-state index in [4.69, 9.17) is 4.52 Å². The average Bonchev–Trinajstić information content (AvgIpc) is 3.04. The average molecular weight is 340 g/mol. The second kappa shape index (κ2) is 6.90. The van der Waals surface area contributed by atoms with Gasteiger partial charge in [-0.2, -0.15) is 0 Å². The molecule has 0 fully saturated rings. The van der Waals surface area contributed by atoms with E-state index in [1.165, 1.54) is 6.08 Å². The van der Waals surface area contributed by atoms with Gasteiger partial charge in [-0.1, -0.05) is 23.4 Å². The topological polar surface area (TPSA) is 78.7 Å². The van der Waals surface area contributed by atoms with Gasteiger partial charge in [0.25, 0.3) is 0 Å². The molecule has 1 N–H and O–H groups in total. The summed E-state index contributed by atoms with van der Waals surface area (Å²) in [5.41, 5.74) is 1.23. The highest BCUT2D eigenvalue weighted by Gasteiger charge is 2.34. The maximum Gasteiger partial charge on any atom is 0.239 e. The maximum absolute atomic E-state index is 12.9. The number of carbonyl (C=O) groups excluding carboxylic acids is 2. The van der Waals surface area contributed by atoms with Crippen LogP contribution in [0.5, 0.6) is 0 Å². The highest BCUT2D eigenvalue weighted by molar-refractivity contribution is 6.26. The molecule has 25 heavy (non-hydrogen) atoms. The summed E-state index contributed by atoms with van der Waals surface area (Å²) in [6, 6.07) is 9.23. The summed E-state index contributed by atoms with van der Waals surface area (Å²) < 4.78 is 5.31. The molecule has 1 aromatic carbocycles. The Hall–Kier alpha value is -2.93. The second-order valence-electron chi connectivity index (χ2n) is 6.18. The van der Waals surface area contributed by atoms with E-state index in [0.717, 1.165) is 12.2 Å². The van der Waals surface area contributed by atoms with E-state index in [1.54, 1.807) is 4.90 Å². The molecule has 130 valence electrons. The van der Waals surface area contributed by atoms with Crippen molar-refractivity contribution in [3.63, 3.8) is 0 Å². The van der Waals surface area contributed by atoms with Crippen LogP contribution >= 0.6 is 0 Å². The molecular weight excluding hydrogens is 320 g/mol. The number of hydrogen-bond donors (Lipinski definition) is 1. The quantitative estimate of drug-likeness (QED) is 0.862. The molecule has 1 aliphatic rings. The van der Waals surface area contributed by atoms with E-state index in [2.05, 4.69) is 10.5 Å². The fourth-order valence-corrected chi connectivity index (χ4v) is 2.54. The van der Waals surface area contributed by atoms with E-state index < -0.39 is 0 Å². The van der Waals surface area contributed by atoms with Crippen LogP contribution < -0.4 is 10.2 Å². The number of aromatic nitrogens is 1. The van der Waals surface area contributed by atoms with Crippen molar-refractivity contribution in [1.82, 2.24) is 10.1 Å². The Morgan fingerprint density at radius 3 is 2.48 bits per heavy atom. The summed E-state index contributed by atoms with van der Waals surface area (Å²) in [6.45, 7) is 1.42. The molecule has 0 aliphatic heterocycles. The molecule has 2 aromatic rings. The molecule has 7 nitrogen and oxygen atoms in total. The van der Waals surface area contributed by atoms with E-state index in [-0.39, 0.29) is 28.5 Å². The van der Waals surface area contributed by atoms with Gasteiger partial charge in [-0.3, -0.25) is 9.59 Å². The Bertz CT molecular complexity index is 824. The molecule has 0 amide bonds. The predicted molar refractivity (Wildman–Crippen MR) is 95.1 cm³/mol. The van der Waals surface area contributed by atoms with Crippen LogP contribution in [0.3, 0.4) is 0 Å². The molecule has 0 saturated carbocycles. The van der Waals surface area contributed by atoms with E-state index in [0.29, 0.717) is 12.4 Å². The van der Waals surface area contributed by atoms with Crippen molar-refractivity contribution in [2.75, 3.05) is 44.4 Å². The van der Waals surface area contributed by atoms with Crippen molar-refractivity contribution < 1.29 is 14.1 Å². The number of carbonyl (C=O) groups is 2. The zero-order valence-corrected chi connectivity index (χ0v) is 14.4. The van der Waals surface area contributed by atoms with Crippen molar-refractivity contribution in [2.24, 2.45) is 0 Å². The molecule has 7 heteroatoms. The van der Waals surface area contributed by atoms with Crippen LogP contribution in [-0.2, 0) is 0 Å². The molecule has 0 atom stereocenters. The van der Waals surface area contributed by atoms with Crippen molar-refractivity contribution >= 4 is 23.1 Å². The first-order valence-electron chi connectivity index (χ1n) is 7.95. The molecule has 0 saturated heterocycles. The molecule has 1 heterocycles. The Morgan fingerprint density at radius 1 is 1.08 bits per heavy atom. The number of Topliss-reactive ketones (excluding diaryl/α,β-unsaturated/α-hetero) is 1. The lowest BCUT2D eigenvalue weighted by Gasteiger charge is -2.20. The summed E-state index contributed by atoms with van der Waals surface area (Å²) in [7, 11) is 5.73. The Morgan fingerprint density at radius 2 is 1.80 bits per heavy atom. The van der Waals surface area contributed by atoms with Crippen LogP contribution in [-0.4, -0.2) is 55.9 Å². The number of benzene rings is 1. The molecule has 0 bridgehead atoms. The number of likely N-dealkylation sites (N-methyl/N-ethyl adjacent to an activating group) is 2. The van der Waals surface area contributed by atoms with Crippen molar-refractivity contribution in [1.29, 1.82) is 0 Å². The zero-order chi connectivity index (χ0) is 18.0. The first-order chi connectivity index (χ1) is 12.0. The predicted octanol–water partition coefficient (Wildman–Crippen LogP) is 2.05. The summed E-state index contributed by atoms with van der Waals surface area (Å²) in [5, 5.41) is 6.81. The Kier molecular flexibility index (Phi) is 4.67. The largest absolute Gasteiger partial charge is 0.352 e. The SMILES string of the molecule is CN(C)CCN(C)c1onc2c1C(=O)C(Nc1ccccc1)=CC2=O. The van der Waals surface area contributed by atoms with Gasteiger partial charge in [-0.05, 0) is 26.2 Å². The lowest BCUT2D eigenvalue weighted by Crippen LogP contribution is -2.30. The van der Waals surface area contributed by atoms with Gasteiger partial charge in [0, 0.05) is 31.9 Å². The van der Waals surface area contributed by atoms with Crippen LogP contribution in [0.2, 0.25) is 0 Å². The van der Waals surface area contributed by atoms with Gasteiger partial charge in [0.05, 0.1) is 5.70 Å². The van der Waals surface area contributed by atoms with Gasteiger partial charge < -0.3 is 19.6 Å². The van der Waals surface area contributed by atoms with Gasteiger partial charge in [0.2, 0.25) is 17.5 Å². The Balaban J connectivity index is 1.88. The minimum atomic E-state index is -0.343. The number of hydrogen-bond acceptors (Lipinski definition) is 7. The first kappa shape index (κ1) is 16.9. The highest BCUT2D eigenvalue weighted by Crippen LogP contribution is 2.30. The number of nitrogens with zero attached hydrogens (tertiary/aromatic N) is 3. The number of ketones is 2. The van der Waals surface area contributed by atoms with E-state index in [1.807, 2.05) is 56.4 Å². The summed E-state index contributed by atoms with van der Waals surface area (Å²) in [6.07, 6.45) is 1.27. The molecule has 1 aliphatic carbocycles. The Labute approximate surface area is 145 Å². The molecular formula is C18H20N4O3. The number of anilines is 2. The smallest absolute Gasteiger partial charge is 0.239 e. The number of para-hydroxylation sites is 1. The van der Waals surface area contributed by atoms with Crippen LogP contribution in [0.25, 0.3) is 0 Å². The molecule has 0 unspecified atom stereocenters. The normalized spacial score (nSPS) is 13.7. The van der Waals surface area contributed by atoms with Crippen LogP contribution in [0.4, 0.5) is 11.6 Å². The standard InChI is InChI=1S/C18H20N4O3/c1-21(2)9-10-22(3)18-15-16(20-25-18)14(23)11-13(17(15)24)19-12-7-5-4-6-8-12/h4-8,11,19H,9-10H2,1-3H3. The summed E-state index contributed by atoms with van der Waals surface area (Å²) >= 11 is 0. The molecule has 1 aromatic heterocycles. The van der Waals surface area contributed by atoms with Crippen molar-refractivity contribution in [3.8, 4) is 0 Å². The zero-order valence-electron chi connectivity index (χ0n) is 14.4. The van der Waals surface area contributed by atoms with Crippen LogP contribution in [0.15, 0.2) is 46.6 Å². The maximum atomic E-state index is 12.9. The number of allylic oxidation sites excluding steroid dienone is 2.